The van der Waals surface area contributed by atoms with Crippen LogP contribution in [0.25, 0.3) is 0 Å². The van der Waals surface area contributed by atoms with E-state index in [-0.39, 0.29) is 24.9 Å². The highest BCUT2D eigenvalue weighted by atomic mass is 16.6. The van der Waals surface area contributed by atoms with Crippen molar-refractivity contribution in [2.75, 3.05) is 6.61 Å². The monoisotopic (exact) mass is 379 g/mol. The molecule has 6 nitrogen and oxygen atoms in total. The first kappa shape index (κ1) is 21.7. The van der Waals surface area contributed by atoms with Crippen LogP contribution in [0.1, 0.15) is 71.1 Å². The molecule has 6 heteroatoms. The van der Waals surface area contributed by atoms with Crippen molar-refractivity contribution in [2.45, 2.75) is 83.3 Å². The number of hydrogen-bond donors (Lipinski definition) is 4. The maximum atomic E-state index is 10.5. The molecule has 0 saturated heterocycles. The van der Waals surface area contributed by atoms with Crippen molar-refractivity contribution >= 4 is 5.97 Å². The molecule has 4 unspecified atom stereocenters. The predicted molar refractivity (Wildman–Crippen MR) is 102 cm³/mol. The molecule has 1 fully saturated rings. The minimum Gasteiger partial charge on any atom is -0.481 e. The predicted octanol–water partition coefficient (Wildman–Crippen LogP) is 2.75. The third-order valence-electron chi connectivity index (χ3n) is 5.40. The van der Waals surface area contributed by atoms with Gasteiger partial charge in [-0.05, 0) is 31.3 Å². The van der Waals surface area contributed by atoms with Crippen LogP contribution in [0.4, 0.5) is 0 Å². The average molecular weight is 379 g/mol. The molecule has 1 saturated carbocycles. The maximum Gasteiger partial charge on any atom is 0.305 e. The van der Waals surface area contributed by atoms with Crippen molar-refractivity contribution in [1.29, 1.82) is 0 Å². The molecular formula is C21H33NO5. The molecule has 4 N–H and O–H groups in total. The van der Waals surface area contributed by atoms with E-state index in [1.54, 1.807) is 0 Å². The second-order valence-corrected chi connectivity index (χ2v) is 7.57. The number of unbranched alkanes of at least 4 members (excludes halogenated alkanes) is 5. The van der Waals surface area contributed by atoms with Crippen molar-refractivity contribution in [3.63, 3.8) is 0 Å². The zero-order chi connectivity index (χ0) is 19.6. The van der Waals surface area contributed by atoms with E-state index < -0.39 is 18.2 Å². The minimum absolute atomic E-state index is 0.0493. The molecule has 2 rings (SSSR count). The standard InChI is InChI=1S/C21H33NO5/c1-2-3-4-5-6-7-8-16(23)10-9-15-13-17-18(21(15)26)14-19(17)22-27-12-11-20(24)25/h15-16,18,21-23,26H,2-8,11-14H2,1H3,(H,24,25). The Morgan fingerprint density at radius 2 is 2.00 bits per heavy atom. The van der Waals surface area contributed by atoms with Gasteiger partial charge in [0.15, 0.2) is 0 Å². The van der Waals surface area contributed by atoms with Crippen LogP contribution in [0.3, 0.4) is 0 Å². The summed E-state index contributed by atoms with van der Waals surface area (Å²) in [6.07, 6.45) is 8.01. The van der Waals surface area contributed by atoms with Crippen LogP contribution in [0.15, 0.2) is 11.3 Å². The third-order valence-corrected chi connectivity index (χ3v) is 5.40. The first-order valence-electron chi connectivity index (χ1n) is 10.2. The van der Waals surface area contributed by atoms with Gasteiger partial charge >= 0.3 is 5.97 Å². The molecule has 0 bridgehead atoms. The minimum atomic E-state index is -0.896. The molecule has 0 spiro atoms. The quantitative estimate of drug-likeness (QED) is 0.236. The second-order valence-electron chi connectivity index (χ2n) is 7.57. The Hall–Kier alpha value is -1.55. The first-order chi connectivity index (χ1) is 13.0. The number of aliphatic hydroxyl groups is 2. The molecule has 2 aliphatic carbocycles. The maximum absolute atomic E-state index is 10.5. The van der Waals surface area contributed by atoms with Gasteiger partial charge in [0.05, 0.1) is 25.0 Å². The smallest absolute Gasteiger partial charge is 0.305 e. The molecule has 0 radical (unpaired) electrons. The van der Waals surface area contributed by atoms with E-state index in [0.29, 0.717) is 19.3 Å². The lowest BCUT2D eigenvalue weighted by Crippen LogP contribution is -2.32. The van der Waals surface area contributed by atoms with Crippen LogP contribution in [0, 0.1) is 23.7 Å². The average Bonchev–Trinajstić information content (AvgIpc) is 2.86. The lowest BCUT2D eigenvalue weighted by Gasteiger charge is -2.30. The van der Waals surface area contributed by atoms with E-state index in [1.165, 1.54) is 25.7 Å². The van der Waals surface area contributed by atoms with Gasteiger partial charge in [0.1, 0.15) is 6.10 Å². The van der Waals surface area contributed by atoms with Crippen molar-refractivity contribution in [1.82, 2.24) is 5.48 Å². The SMILES string of the molecule is CCCCCCCCC(O)C#CC1CC2=C(NOCCC(=O)O)CC2C1O. The van der Waals surface area contributed by atoms with E-state index in [0.717, 1.165) is 24.1 Å². The Balaban J connectivity index is 1.69. The fraction of sp³-hybridized carbons (Fsp3) is 0.762. The zero-order valence-corrected chi connectivity index (χ0v) is 16.2. The Labute approximate surface area is 161 Å². The van der Waals surface area contributed by atoms with E-state index >= 15 is 0 Å². The summed E-state index contributed by atoms with van der Waals surface area (Å²) in [4.78, 5) is 15.6. The molecule has 0 aliphatic heterocycles. The number of nitrogens with one attached hydrogen (secondary N) is 1. The number of hydrogen-bond acceptors (Lipinski definition) is 5. The highest BCUT2D eigenvalue weighted by Gasteiger charge is 2.45. The lowest BCUT2D eigenvalue weighted by atomic mass is 9.83. The zero-order valence-electron chi connectivity index (χ0n) is 16.2. The van der Waals surface area contributed by atoms with Crippen molar-refractivity contribution < 1.29 is 25.0 Å². The number of carbonyl (C=O) groups is 1. The number of aliphatic carboxylic acids is 1. The van der Waals surface area contributed by atoms with Crippen LogP contribution in [0.2, 0.25) is 0 Å². The summed E-state index contributed by atoms with van der Waals surface area (Å²) in [5.41, 5.74) is 4.85. The largest absolute Gasteiger partial charge is 0.481 e. The number of allylic oxidation sites excluding steroid dienone is 1. The van der Waals surface area contributed by atoms with Gasteiger partial charge in [-0.1, -0.05) is 50.9 Å². The Kier molecular flexibility index (Phi) is 9.12. The van der Waals surface area contributed by atoms with E-state index in [9.17, 15) is 15.0 Å². The highest BCUT2D eigenvalue weighted by Crippen LogP contribution is 2.48. The molecule has 0 amide bonds. The van der Waals surface area contributed by atoms with Crippen LogP contribution in [-0.4, -0.2) is 40.1 Å². The van der Waals surface area contributed by atoms with Gasteiger partial charge in [-0.15, -0.1) is 0 Å². The molecule has 0 heterocycles. The van der Waals surface area contributed by atoms with E-state index in [1.807, 2.05) is 0 Å². The van der Waals surface area contributed by atoms with Crippen molar-refractivity contribution in [3.8, 4) is 11.8 Å². The Bertz CT molecular complexity index is 577. The highest BCUT2D eigenvalue weighted by molar-refractivity contribution is 5.66. The van der Waals surface area contributed by atoms with Gasteiger partial charge in [0, 0.05) is 11.6 Å². The number of carboxylic acids is 1. The summed E-state index contributed by atoms with van der Waals surface area (Å²) < 4.78 is 0. The van der Waals surface area contributed by atoms with Crippen LogP contribution >= 0.6 is 0 Å². The molecule has 2 aliphatic rings. The summed E-state index contributed by atoms with van der Waals surface area (Å²) in [6, 6.07) is 0. The van der Waals surface area contributed by atoms with Gasteiger partial charge in [0.25, 0.3) is 0 Å². The summed E-state index contributed by atoms with van der Waals surface area (Å²) in [7, 11) is 0. The molecule has 0 aromatic carbocycles. The lowest BCUT2D eigenvalue weighted by molar-refractivity contribution is -0.138. The number of carboxylic acid groups (broad SMARTS) is 1. The normalized spacial score (nSPS) is 24.6. The van der Waals surface area contributed by atoms with Gasteiger partial charge < -0.3 is 15.3 Å². The van der Waals surface area contributed by atoms with Crippen LogP contribution in [-0.2, 0) is 9.63 Å². The molecular weight excluding hydrogens is 346 g/mol. The number of aliphatic hydroxyl groups excluding tert-OH is 2. The van der Waals surface area contributed by atoms with Crippen molar-refractivity contribution in [3.05, 3.63) is 11.3 Å². The third kappa shape index (κ3) is 6.84. The Morgan fingerprint density at radius 1 is 1.26 bits per heavy atom. The second kappa shape index (κ2) is 11.3. The number of fused-ring (bicyclic) bond motifs is 1. The van der Waals surface area contributed by atoms with Gasteiger partial charge in [-0.3, -0.25) is 15.1 Å². The van der Waals surface area contributed by atoms with Gasteiger partial charge in [-0.25, -0.2) is 0 Å². The fourth-order valence-corrected chi connectivity index (χ4v) is 3.72. The molecule has 152 valence electrons. The van der Waals surface area contributed by atoms with E-state index in [2.05, 4.69) is 24.2 Å². The molecule has 0 aromatic heterocycles. The molecule has 0 aromatic rings. The summed E-state index contributed by atoms with van der Waals surface area (Å²) >= 11 is 0. The fourth-order valence-electron chi connectivity index (χ4n) is 3.72. The van der Waals surface area contributed by atoms with Crippen LogP contribution < -0.4 is 5.48 Å². The van der Waals surface area contributed by atoms with Crippen molar-refractivity contribution in [2.24, 2.45) is 11.8 Å². The summed E-state index contributed by atoms with van der Waals surface area (Å²) in [5, 5.41) is 29.0. The topological polar surface area (TPSA) is 99.0 Å². The van der Waals surface area contributed by atoms with Gasteiger partial charge in [-0.2, -0.15) is 0 Å². The summed E-state index contributed by atoms with van der Waals surface area (Å²) in [5.74, 6) is 5.03. The molecule has 27 heavy (non-hydrogen) atoms. The number of rotatable bonds is 12. The first-order valence-corrected chi connectivity index (χ1v) is 10.2. The van der Waals surface area contributed by atoms with E-state index in [4.69, 9.17) is 9.94 Å². The van der Waals surface area contributed by atoms with Gasteiger partial charge in [0.2, 0.25) is 0 Å². The summed E-state index contributed by atoms with van der Waals surface area (Å²) in [6.45, 7) is 2.30. The van der Waals surface area contributed by atoms with Crippen LogP contribution in [0.5, 0.6) is 0 Å². The Morgan fingerprint density at radius 3 is 2.74 bits per heavy atom. The number of hydroxylamine groups is 1. The molecule has 4 atom stereocenters.